The van der Waals surface area contributed by atoms with E-state index in [2.05, 4.69) is 20.7 Å². The fraction of sp³-hybridized carbons (Fsp3) is 0.227. The van der Waals surface area contributed by atoms with E-state index in [0.29, 0.717) is 22.3 Å². The molecule has 10 heteroatoms. The van der Waals surface area contributed by atoms with E-state index < -0.39 is 42.4 Å². The minimum Gasteiger partial charge on any atom is -0.481 e. The quantitative estimate of drug-likeness (QED) is 0.506. The molecule has 8 nitrogen and oxygen atoms in total. The Bertz CT molecular complexity index is 1010. The summed E-state index contributed by atoms with van der Waals surface area (Å²) in [5.74, 6) is -2.06. The summed E-state index contributed by atoms with van der Waals surface area (Å²) >= 11 is 0. The van der Waals surface area contributed by atoms with Gasteiger partial charge in [0.1, 0.15) is 11.6 Å². The number of carbonyl (C=O) groups is 1. The second kappa shape index (κ2) is 10.6. The highest BCUT2D eigenvalue weighted by Crippen LogP contribution is 2.32. The second-order valence-corrected chi connectivity index (χ2v) is 7.04. The zero-order valence-corrected chi connectivity index (χ0v) is 16.7. The molecule has 1 heterocycles. The lowest BCUT2D eigenvalue weighted by Gasteiger charge is -2.16. The van der Waals surface area contributed by atoms with Gasteiger partial charge in [0.15, 0.2) is 0 Å². The van der Waals surface area contributed by atoms with E-state index >= 15 is 0 Å². The maximum Gasteiger partial charge on any atom is 0.305 e. The van der Waals surface area contributed by atoms with Gasteiger partial charge in [0.2, 0.25) is 6.17 Å². The van der Waals surface area contributed by atoms with E-state index in [4.69, 9.17) is 5.11 Å². The Morgan fingerprint density at radius 1 is 0.938 bits per heavy atom. The Morgan fingerprint density at radius 3 is 1.91 bits per heavy atom. The van der Waals surface area contributed by atoms with Gasteiger partial charge in [0, 0.05) is 12.0 Å². The van der Waals surface area contributed by atoms with Crippen LogP contribution in [0.4, 0.5) is 8.78 Å². The molecule has 3 rings (SSSR count). The van der Waals surface area contributed by atoms with Crippen molar-refractivity contribution in [1.29, 1.82) is 0 Å². The Hall–Kier alpha value is -3.63. The van der Waals surface area contributed by atoms with Gasteiger partial charge >= 0.3 is 5.97 Å². The van der Waals surface area contributed by atoms with E-state index in [-0.39, 0.29) is 6.42 Å². The van der Waals surface area contributed by atoms with E-state index in [1.165, 1.54) is 60.7 Å². The van der Waals surface area contributed by atoms with E-state index in [1.54, 1.807) is 0 Å². The highest BCUT2D eigenvalue weighted by molar-refractivity contribution is 5.84. The molecule has 1 aliphatic rings. The summed E-state index contributed by atoms with van der Waals surface area (Å²) in [6, 6.07) is 11.3. The Labute approximate surface area is 181 Å². The number of aliphatic hydroxyl groups is 2. The Morgan fingerprint density at radius 2 is 1.44 bits per heavy atom. The molecule has 3 N–H and O–H groups in total. The molecule has 0 bridgehead atoms. The first kappa shape index (κ1) is 23.0. The van der Waals surface area contributed by atoms with Crippen molar-refractivity contribution in [3.63, 3.8) is 0 Å². The fourth-order valence-corrected chi connectivity index (χ4v) is 3.18. The van der Waals surface area contributed by atoms with Crippen LogP contribution in [0.15, 0.2) is 86.9 Å². The van der Waals surface area contributed by atoms with Gasteiger partial charge in [-0.2, -0.15) is 0 Å². The highest BCUT2D eigenvalue weighted by Gasteiger charge is 2.22. The number of hydrogen-bond donors (Lipinski definition) is 3. The van der Waals surface area contributed by atoms with Crippen LogP contribution in [0, 0.1) is 11.6 Å². The summed E-state index contributed by atoms with van der Waals surface area (Å²) in [6.07, 6.45) is -1.12. The molecule has 0 spiro atoms. The third kappa shape index (κ3) is 6.19. The summed E-state index contributed by atoms with van der Waals surface area (Å²) < 4.78 is 27.1. The molecule has 0 saturated heterocycles. The van der Waals surface area contributed by atoms with Crippen molar-refractivity contribution in [3.8, 4) is 0 Å². The van der Waals surface area contributed by atoms with Gasteiger partial charge in [-0.15, -0.1) is 10.2 Å². The van der Waals surface area contributed by atoms with Gasteiger partial charge in [-0.1, -0.05) is 36.4 Å². The first-order valence-corrected chi connectivity index (χ1v) is 9.65. The van der Waals surface area contributed by atoms with Gasteiger partial charge in [0.05, 0.1) is 18.6 Å². The molecule has 0 amide bonds. The summed E-state index contributed by atoms with van der Waals surface area (Å²) in [4.78, 5) is 10.7. The Balaban J connectivity index is 2.06. The van der Waals surface area contributed by atoms with Crippen LogP contribution >= 0.6 is 0 Å². The van der Waals surface area contributed by atoms with Crippen molar-refractivity contribution < 1.29 is 28.9 Å². The van der Waals surface area contributed by atoms with Crippen molar-refractivity contribution in [2.24, 2.45) is 20.7 Å². The molecular formula is C22H20F2N4O4. The SMILES string of the molecule is O=C(O)C[C@H](O)C[C@H](O)/C=C/C(=C(c1ccc(F)cc1)c1ccc(F)cc1)C1N=NN=N1. The van der Waals surface area contributed by atoms with Crippen molar-refractivity contribution in [2.75, 3.05) is 0 Å². The number of benzene rings is 2. The minimum atomic E-state index is -1.24. The predicted octanol–water partition coefficient (Wildman–Crippen LogP) is 4.07. The number of carboxylic acids is 1. The summed E-state index contributed by atoms with van der Waals surface area (Å²) in [5, 5.41) is 43.7. The van der Waals surface area contributed by atoms with Gasteiger partial charge in [-0.25, -0.2) is 8.78 Å². The maximum absolute atomic E-state index is 13.5. The van der Waals surface area contributed by atoms with Crippen molar-refractivity contribution in [1.82, 2.24) is 0 Å². The maximum atomic E-state index is 13.5. The third-order valence-electron chi connectivity index (χ3n) is 4.62. The number of nitrogens with zero attached hydrogens (tertiary/aromatic N) is 4. The average Bonchev–Trinajstić information content (AvgIpc) is 3.27. The molecule has 0 fully saturated rings. The van der Waals surface area contributed by atoms with Gasteiger partial charge < -0.3 is 15.3 Å². The lowest BCUT2D eigenvalue weighted by Crippen LogP contribution is -2.19. The van der Waals surface area contributed by atoms with Crippen LogP contribution in [0.3, 0.4) is 0 Å². The first-order chi connectivity index (χ1) is 15.3. The van der Waals surface area contributed by atoms with Gasteiger partial charge in [-0.05, 0) is 51.4 Å². The number of halogens is 2. The van der Waals surface area contributed by atoms with E-state index in [9.17, 15) is 23.8 Å². The molecular weight excluding hydrogens is 422 g/mol. The van der Waals surface area contributed by atoms with Gasteiger partial charge in [-0.3, -0.25) is 4.79 Å². The predicted molar refractivity (Wildman–Crippen MR) is 110 cm³/mol. The van der Waals surface area contributed by atoms with Crippen LogP contribution < -0.4 is 0 Å². The van der Waals surface area contributed by atoms with Crippen LogP contribution in [0.1, 0.15) is 24.0 Å². The number of hydrogen-bond acceptors (Lipinski definition) is 7. The van der Waals surface area contributed by atoms with Crippen molar-refractivity contribution >= 4 is 11.5 Å². The summed E-state index contributed by atoms with van der Waals surface area (Å²) in [7, 11) is 0. The molecule has 2 atom stereocenters. The molecule has 2 aromatic carbocycles. The topological polar surface area (TPSA) is 127 Å². The Kier molecular flexibility index (Phi) is 7.63. The molecule has 2 aromatic rings. The molecule has 0 aromatic heterocycles. The zero-order valence-electron chi connectivity index (χ0n) is 16.7. The normalized spacial score (nSPS) is 15.2. The molecule has 1 aliphatic heterocycles. The number of aliphatic hydroxyl groups excluding tert-OH is 2. The molecule has 32 heavy (non-hydrogen) atoms. The van der Waals surface area contributed by atoms with Crippen LogP contribution in [-0.4, -0.2) is 39.7 Å². The lowest BCUT2D eigenvalue weighted by molar-refractivity contribution is -0.139. The summed E-state index contributed by atoms with van der Waals surface area (Å²) in [5.41, 5.74) is 2.12. The average molecular weight is 442 g/mol. The number of aliphatic carboxylic acids is 1. The summed E-state index contributed by atoms with van der Waals surface area (Å²) in [6.45, 7) is 0. The second-order valence-electron chi connectivity index (χ2n) is 7.04. The third-order valence-corrected chi connectivity index (χ3v) is 4.62. The highest BCUT2D eigenvalue weighted by atomic mass is 19.1. The molecule has 0 unspecified atom stereocenters. The fourth-order valence-electron chi connectivity index (χ4n) is 3.18. The monoisotopic (exact) mass is 442 g/mol. The van der Waals surface area contributed by atoms with Crippen molar-refractivity contribution in [3.05, 3.63) is 89.0 Å². The van der Waals surface area contributed by atoms with Crippen molar-refractivity contribution in [2.45, 2.75) is 31.2 Å². The smallest absolute Gasteiger partial charge is 0.305 e. The van der Waals surface area contributed by atoms with Crippen LogP contribution in [0.5, 0.6) is 0 Å². The first-order valence-electron chi connectivity index (χ1n) is 9.65. The number of carboxylic acid groups (broad SMARTS) is 1. The number of rotatable bonds is 9. The lowest BCUT2D eigenvalue weighted by atomic mass is 9.91. The van der Waals surface area contributed by atoms with Crippen LogP contribution in [0.25, 0.3) is 5.57 Å². The molecule has 0 aliphatic carbocycles. The molecule has 0 saturated carbocycles. The zero-order chi connectivity index (χ0) is 23.1. The largest absolute Gasteiger partial charge is 0.481 e. The molecule has 166 valence electrons. The minimum absolute atomic E-state index is 0.202. The van der Waals surface area contributed by atoms with Crippen LogP contribution in [-0.2, 0) is 4.79 Å². The van der Waals surface area contributed by atoms with Gasteiger partial charge in [0.25, 0.3) is 0 Å². The van der Waals surface area contributed by atoms with Crippen LogP contribution in [0.2, 0.25) is 0 Å². The van der Waals surface area contributed by atoms with E-state index in [1.807, 2.05) is 0 Å². The molecule has 0 radical (unpaired) electrons. The standard InChI is InChI=1S/C22H20F2N4O4/c23-15-5-1-13(2-6-15)21(14-3-7-16(24)8-4-14)19(22-25-27-28-26-22)10-9-17(29)11-18(30)12-20(31)32/h1-10,17-18,22,29-30H,11-12H2,(H,31,32)/b10-9+/t17-,18-/m1/s1. The van der Waals surface area contributed by atoms with E-state index in [0.717, 1.165) is 0 Å².